The molecule has 1 aromatic carbocycles. The van der Waals surface area contributed by atoms with Gasteiger partial charge in [-0.3, -0.25) is 0 Å². The summed E-state index contributed by atoms with van der Waals surface area (Å²) in [5, 5.41) is 0.177. The minimum Gasteiger partial charge on any atom is -0.443 e. The second-order valence-corrected chi connectivity index (χ2v) is 14.0. The molecule has 0 saturated carbocycles. The van der Waals surface area contributed by atoms with Crippen LogP contribution in [0.25, 0.3) is 0 Å². The van der Waals surface area contributed by atoms with Crippen LogP contribution in [0.2, 0.25) is 18.1 Å². The Labute approximate surface area is 166 Å². The topological polar surface area (TPSA) is 38.8 Å². The van der Waals surface area contributed by atoms with Gasteiger partial charge in [-0.15, -0.1) is 0 Å². The standard InChI is InChI=1S/C22H35NO3Si/c1-21(2,3)26-20(24)23(18-19-14-10-9-11-15-19)16-12-13-17-25-27(7,8)22(4,5)6/h9-11,14-15H,13,17-18H2,1-8H3. The molecule has 1 amide bonds. The van der Waals surface area contributed by atoms with Gasteiger partial charge in [-0.05, 0) is 44.5 Å². The molecule has 0 heterocycles. The van der Waals surface area contributed by atoms with Crippen LogP contribution < -0.4 is 0 Å². The number of hydrogen-bond acceptors (Lipinski definition) is 3. The summed E-state index contributed by atoms with van der Waals surface area (Å²) in [6.45, 7) is 17.6. The van der Waals surface area contributed by atoms with Gasteiger partial charge in [0.25, 0.3) is 0 Å². The number of benzene rings is 1. The van der Waals surface area contributed by atoms with Crippen molar-refractivity contribution in [1.29, 1.82) is 0 Å². The molecule has 5 heteroatoms. The van der Waals surface area contributed by atoms with Crippen molar-refractivity contribution < 1.29 is 14.0 Å². The number of carbonyl (C=O) groups is 1. The van der Waals surface area contributed by atoms with Gasteiger partial charge < -0.3 is 9.16 Å². The predicted octanol–water partition coefficient (Wildman–Crippen LogP) is 5.80. The molecule has 0 aliphatic rings. The largest absolute Gasteiger partial charge is 0.443 e. The molecular formula is C22H35NO3Si. The van der Waals surface area contributed by atoms with Crippen LogP contribution in [0.4, 0.5) is 4.79 Å². The van der Waals surface area contributed by atoms with Crippen molar-refractivity contribution in [1.82, 2.24) is 4.90 Å². The molecular weight excluding hydrogens is 354 g/mol. The van der Waals surface area contributed by atoms with Gasteiger partial charge in [0, 0.05) is 19.1 Å². The SMILES string of the molecule is CC(C)(C)OC(=O)N(C#CCCO[Si](C)(C)C(C)(C)C)Cc1ccccc1. The molecule has 0 radical (unpaired) electrons. The fourth-order valence-electron chi connectivity index (χ4n) is 1.96. The smallest absolute Gasteiger partial charge is 0.422 e. The van der Waals surface area contributed by atoms with E-state index in [1.165, 1.54) is 4.90 Å². The Bertz CT molecular complexity index is 661. The first-order chi connectivity index (χ1) is 12.3. The molecule has 0 aliphatic heterocycles. The molecule has 0 aromatic heterocycles. The summed E-state index contributed by atoms with van der Waals surface area (Å²) >= 11 is 0. The second kappa shape index (κ2) is 9.43. The summed E-state index contributed by atoms with van der Waals surface area (Å²) in [4.78, 5) is 13.9. The zero-order chi connectivity index (χ0) is 20.7. The average molecular weight is 390 g/mol. The Morgan fingerprint density at radius 2 is 1.67 bits per heavy atom. The normalized spacial score (nSPS) is 12.1. The molecule has 27 heavy (non-hydrogen) atoms. The summed E-state index contributed by atoms with van der Waals surface area (Å²) in [5.74, 6) is 3.07. The van der Waals surface area contributed by atoms with E-state index in [0.29, 0.717) is 19.6 Å². The van der Waals surface area contributed by atoms with Gasteiger partial charge in [-0.2, -0.15) is 0 Å². The van der Waals surface area contributed by atoms with Gasteiger partial charge in [-0.1, -0.05) is 57.0 Å². The second-order valence-electron chi connectivity index (χ2n) is 9.20. The molecule has 0 unspecified atom stereocenters. The maximum Gasteiger partial charge on any atom is 0.422 e. The zero-order valence-corrected chi connectivity index (χ0v) is 19.2. The third-order valence-electron chi connectivity index (χ3n) is 4.51. The first kappa shape index (κ1) is 23.3. The Kier molecular flexibility index (Phi) is 8.13. The summed E-state index contributed by atoms with van der Waals surface area (Å²) in [6.07, 6.45) is 0.157. The van der Waals surface area contributed by atoms with E-state index in [1.807, 2.05) is 51.1 Å². The molecule has 0 fully saturated rings. The van der Waals surface area contributed by atoms with Gasteiger partial charge in [-0.25, -0.2) is 9.69 Å². The van der Waals surface area contributed by atoms with E-state index in [0.717, 1.165) is 5.56 Å². The van der Waals surface area contributed by atoms with Crippen LogP contribution in [0.5, 0.6) is 0 Å². The van der Waals surface area contributed by atoms with Crippen LogP contribution in [0.3, 0.4) is 0 Å². The van der Waals surface area contributed by atoms with Crippen molar-refractivity contribution in [2.45, 2.75) is 78.2 Å². The predicted molar refractivity (Wildman–Crippen MR) is 114 cm³/mol. The fraction of sp³-hybridized carbons (Fsp3) is 0.591. The summed E-state index contributed by atoms with van der Waals surface area (Å²) < 4.78 is 11.6. The van der Waals surface area contributed by atoms with Crippen molar-refractivity contribution in [3.05, 3.63) is 35.9 Å². The van der Waals surface area contributed by atoms with Crippen LogP contribution in [-0.4, -0.2) is 31.5 Å². The quantitative estimate of drug-likeness (QED) is 0.277. The third kappa shape index (κ3) is 8.64. The van der Waals surface area contributed by atoms with E-state index in [1.54, 1.807) is 0 Å². The summed E-state index contributed by atoms with van der Waals surface area (Å²) in [7, 11) is -1.77. The number of amides is 1. The maximum atomic E-state index is 12.5. The monoisotopic (exact) mass is 389 g/mol. The van der Waals surface area contributed by atoms with Crippen LogP contribution in [0, 0.1) is 12.0 Å². The lowest BCUT2D eigenvalue weighted by atomic mass is 10.2. The van der Waals surface area contributed by atoms with Gasteiger partial charge >= 0.3 is 6.09 Å². The van der Waals surface area contributed by atoms with E-state index in [9.17, 15) is 4.79 Å². The maximum absolute atomic E-state index is 12.5. The number of ether oxygens (including phenoxy) is 1. The van der Waals surface area contributed by atoms with Crippen molar-refractivity contribution >= 4 is 14.4 Å². The molecule has 0 N–H and O–H groups in total. The Morgan fingerprint density at radius 3 is 2.19 bits per heavy atom. The minimum atomic E-state index is -1.77. The lowest BCUT2D eigenvalue weighted by molar-refractivity contribution is 0.0341. The molecule has 0 atom stereocenters. The molecule has 0 bridgehead atoms. The molecule has 1 aromatic rings. The Morgan fingerprint density at radius 1 is 1.07 bits per heavy atom. The molecule has 0 saturated heterocycles. The summed E-state index contributed by atoms with van der Waals surface area (Å²) in [5.41, 5.74) is 0.453. The first-order valence-electron chi connectivity index (χ1n) is 9.49. The lowest BCUT2D eigenvalue weighted by Gasteiger charge is -2.35. The lowest BCUT2D eigenvalue weighted by Crippen LogP contribution is -2.40. The van der Waals surface area contributed by atoms with E-state index in [2.05, 4.69) is 45.8 Å². The molecule has 1 rings (SSSR count). The van der Waals surface area contributed by atoms with Crippen LogP contribution in [0.1, 0.15) is 53.5 Å². The zero-order valence-electron chi connectivity index (χ0n) is 18.2. The highest BCUT2D eigenvalue weighted by Crippen LogP contribution is 2.36. The van der Waals surface area contributed by atoms with E-state index < -0.39 is 20.0 Å². The van der Waals surface area contributed by atoms with Crippen molar-refractivity contribution in [3.63, 3.8) is 0 Å². The Hall–Kier alpha value is -1.77. The highest BCUT2D eigenvalue weighted by atomic mass is 28.4. The van der Waals surface area contributed by atoms with Crippen LogP contribution in [-0.2, 0) is 15.7 Å². The van der Waals surface area contributed by atoms with Gasteiger partial charge in [0.1, 0.15) is 5.60 Å². The van der Waals surface area contributed by atoms with Gasteiger partial charge in [0.15, 0.2) is 8.32 Å². The van der Waals surface area contributed by atoms with Crippen molar-refractivity contribution in [3.8, 4) is 12.0 Å². The number of nitrogens with zero attached hydrogens (tertiary/aromatic N) is 1. The number of carbonyl (C=O) groups excluding carboxylic acids is 1. The van der Waals surface area contributed by atoms with Gasteiger partial charge in [0.2, 0.25) is 0 Å². The highest BCUT2D eigenvalue weighted by molar-refractivity contribution is 6.74. The molecule has 0 aliphatic carbocycles. The van der Waals surface area contributed by atoms with Gasteiger partial charge in [0.05, 0.1) is 6.54 Å². The highest BCUT2D eigenvalue weighted by Gasteiger charge is 2.36. The molecule has 4 nitrogen and oxygen atoms in total. The number of rotatable bonds is 5. The number of hydrogen-bond donors (Lipinski definition) is 0. The average Bonchev–Trinajstić information content (AvgIpc) is 2.51. The molecule has 150 valence electrons. The van der Waals surface area contributed by atoms with E-state index >= 15 is 0 Å². The minimum absolute atomic E-state index is 0.177. The molecule has 0 spiro atoms. The van der Waals surface area contributed by atoms with Crippen LogP contribution >= 0.6 is 0 Å². The fourth-order valence-corrected chi connectivity index (χ4v) is 3.00. The van der Waals surface area contributed by atoms with Crippen molar-refractivity contribution in [2.24, 2.45) is 0 Å². The summed E-state index contributed by atoms with van der Waals surface area (Å²) in [6, 6.07) is 12.7. The first-order valence-corrected chi connectivity index (χ1v) is 12.4. The third-order valence-corrected chi connectivity index (χ3v) is 9.05. The Balaban J connectivity index is 2.75. The van der Waals surface area contributed by atoms with Crippen molar-refractivity contribution in [2.75, 3.05) is 6.61 Å². The van der Waals surface area contributed by atoms with E-state index in [4.69, 9.17) is 9.16 Å². The van der Waals surface area contributed by atoms with Crippen LogP contribution in [0.15, 0.2) is 30.3 Å². The van der Waals surface area contributed by atoms with E-state index in [-0.39, 0.29) is 5.04 Å².